The quantitative estimate of drug-likeness (QED) is 0.750. The fourth-order valence-electron chi connectivity index (χ4n) is 1.01. The molecule has 0 bridgehead atoms. The molecule has 1 aromatic rings. The monoisotopic (exact) mass is 228 g/mol. The minimum absolute atomic E-state index is 0.353. The van der Waals surface area contributed by atoms with E-state index >= 15 is 0 Å². The Hall–Kier alpha value is -0.910. The van der Waals surface area contributed by atoms with Crippen LogP contribution in [0.3, 0.4) is 0 Å². The van der Waals surface area contributed by atoms with Gasteiger partial charge in [0.15, 0.2) is 0 Å². The topological polar surface area (TPSA) is 49.8 Å². The predicted octanol–water partition coefficient (Wildman–Crippen LogP) is 3.38. The molecule has 4 heteroatoms. The van der Waals surface area contributed by atoms with Gasteiger partial charge in [-0.05, 0) is 31.5 Å². The molecule has 0 saturated carbocycles. The third kappa shape index (κ3) is 1.95. The molecule has 0 amide bonds. The van der Waals surface area contributed by atoms with Crippen LogP contribution in [0.4, 0.5) is 5.69 Å². The molecule has 14 heavy (non-hydrogen) atoms. The highest BCUT2D eigenvalue weighted by molar-refractivity contribution is 6.38. The van der Waals surface area contributed by atoms with Crippen molar-refractivity contribution >= 4 is 28.9 Å². The molecule has 0 saturated heterocycles. The third-order valence-corrected chi connectivity index (χ3v) is 2.71. The van der Waals surface area contributed by atoms with E-state index in [4.69, 9.17) is 34.2 Å². The minimum atomic E-state index is -0.610. The summed E-state index contributed by atoms with van der Waals surface area (Å²) in [6, 6.07) is 5.52. The number of halogens is 2. The molecule has 0 fully saturated rings. The van der Waals surface area contributed by atoms with E-state index in [9.17, 15) is 0 Å². The van der Waals surface area contributed by atoms with Crippen molar-refractivity contribution in [2.45, 2.75) is 19.3 Å². The zero-order chi connectivity index (χ0) is 10.9. The van der Waals surface area contributed by atoms with Gasteiger partial charge in [0.1, 0.15) is 0 Å². The van der Waals surface area contributed by atoms with Crippen LogP contribution in [0.25, 0.3) is 0 Å². The summed E-state index contributed by atoms with van der Waals surface area (Å²) in [7, 11) is 0. The van der Waals surface area contributed by atoms with Crippen LogP contribution in [0, 0.1) is 11.3 Å². The van der Waals surface area contributed by atoms with Crippen molar-refractivity contribution in [2.75, 3.05) is 5.73 Å². The molecule has 2 N–H and O–H groups in total. The number of nitrogen functional groups attached to an aromatic ring is 1. The van der Waals surface area contributed by atoms with Crippen LogP contribution >= 0.6 is 23.2 Å². The van der Waals surface area contributed by atoms with Gasteiger partial charge in [-0.25, -0.2) is 0 Å². The van der Waals surface area contributed by atoms with Gasteiger partial charge >= 0.3 is 0 Å². The summed E-state index contributed by atoms with van der Waals surface area (Å²) < 4.78 is 0. The molecule has 1 rings (SSSR count). The van der Waals surface area contributed by atoms with Gasteiger partial charge in [-0.15, -0.1) is 0 Å². The zero-order valence-electron chi connectivity index (χ0n) is 7.94. The van der Waals surface area contributed by atoms with Gasteiger partial charge in [-0.2, -0.15) is 5.26 Å². The first-order chi connectivity index (χ1) is 6.38. The van der Waals surface area contributed by atoms with E-state index < -0.39 is 5.41 Å². The second kappa shape index (κ2) is 3.68. The van der Waals surface area contributed by atoms with Crippen LogP contribution in [0.15, 0.2) is 12.1 Å². The Morgan fingerprint density at radius 3 is 2.07 bits per heavy atom. The van der Waals surface area contributed by atoms with Crippen molar-refractivity contribution in [2.24, 2.45) is 0 Å². The van der Waals surface area contributed by atoms with Crippen LogP contribution in [0.1, 0.15) is 19.4 Å². The summed E-state index contributed by atoms with van der Waals surface area (Å²) in [5.74, 6) is 0. The van der Waals surface area contributed by atoms with Gasteiger partial charge in [0.2, 0.25) is 0 Å². The Morgan fingerprint density at radius 1 is 1.29 bits per heavy atom. The Morgan fingerprint density at radius 2 is 1.71 bits per heavy atom. The lowest BCUT2D eigenvalue weighted by atomic mass is 9.86. The number of nitrogens with zero attached hydrogens (tertiary/aromatic N) is 1. The van der Waals surface area contributed by atoms with E-state index in [1.165, 1.54) is 0 Å². The van der Waals surface area contributed by atoms with Crippen molar-refractivity contribution in [3.8, 4) is 6.07 Å². The molecule has 0 aliphatic rings. The fourth-order valence-corrected chi connectivity index (χ4v) is 1.50. The first-order valence-corrected chi connectivity index (χ1v) is 4.80. The SMILES string of the molecule is CC(C)(C#N)c1cc(Cl)c(N)c(Cl)c1. The van der Waals surface area contributed by atoms with Crippen molar-refractivity contribution in [3.05, 3.63) is 27.7 Å². The smallest absolute Gasteiger partial charge is 0.0767 e. The molecule has 0 aromatic heterocycles. The molecule has 0 spiro atoms. The summed E-state index contributed by atoms with van der Waals surface area (Å²) >= 11 is 11.7. The number of rotatable bonds is 1. The van der Waals surface area contributed by atoms with Crippen molar-refractivity contribution in [1.82, 2.24) is 0 Å². The van der Waals surface area contributed by atoms with Gasteiger partial charge < -0.3 is 5.73 Å². The molecular formula is C10H10Cl2N2. The number of anilines is 1. The summed E-state index contributed by atoms with van der Waals surface area (Å²) in [5.41, 5.74) is 6.10. The summed E-state index contributed by atoms with van der Waals surface area (Å²) in [6.07, 6.45) is 0. The Balaban J connectivity index is 3.35. The van der Waals surface area contributed by atoms with Crippen LogP contribution in [-0.2, 0) is 5.41 Å². The van der Waals surface area contributed by atoms with Gasteiger partial charge in [-0.3, -0.25) is 0 Å². The number of hydrogen-bond acceptors (Lipinski definition) is 2. The maximum Gasteiger partial charge on any atom is 0.0767 e. The molecule has 0 aliphatic heterocycles. The molecule has 0 unspecified atom stereocenters. The Bertz CT molecular complexity index is 382. The maximum absolute atomic E-state index is 8.93. The zero-order valence-corrected chi connectivity index (χ0v) is 9.45. The van der Waals surface area contributed by atoms with E-state index in [0.717, 1.165) is 5.56 Å². The normalized spacial score (nSPS) is 11.1. The average Bonchev–Trinajstić information content (AvgIpc) is 2.13. The molecule has 0 radical (unpaired) electrons. The lowest BCUT2D eigenvalue weighted by Crippen LogP contribution is -2.14. The first-order valence-electron chi connectivity index (χ1n) is 4.04. The van der Waals surface area contributed by atoms with E-state index in [1.54, 1.807) is 26.0 Å². The van der Waals surface area contributed by atoms with Crippen molar-refractivity contribution < 1.29 is 0 Å². The largest absolute Gasteiger partial charge is 0.396 e. The maximum atomic E-state index is 8.93. The third-order valence-electron chi connectivity index (χ3n) is 2.08. The van der Waals surface area contributed by atoms with Gasteiger partial charge in [0.25, 0.3) is 0 Å². The van der Waals surface area contributed by atoms with Crippen LogP contribution in [0.2, 0.25) is 10.0 Å². The standard InChI is InChI=1S/C10H10Cl2N2/c1-10(2,5-13)6-3-7(11)9(14)8(12)4-6/h3-4H,14H2,1-2H3. The average molecular weight is 229 g/mol. The van der Waals surface area contributed by atoms with Gasteiger partial charge in [0, 0.05) is 0 Å². The Labute approximate surface area is 93.2 Å². The molecule has 2 nitrogen and oxygen atoms in total. The lowest BCUT2D eigenvalue weighted by molar-refractivity contribution is 0.687. The van der Waals surface area contributed by atoms with Crippen LogP contribution in [-0.4, -0.2) is 0 Å². The number of hydrogen-bond donors (Lipinski definition) is 1. The lowest BCUT2D eigenvalue weighted by Gasteiger charge is -2.17. The predicted molar refractivity (Wildman–Crippen MR) is 59.5 cm³/mol. The van der Waals surface area contributed by atoms with Gasteiger partial charge in [-0.1, -0.05) is 23.2 Å². The number of nitriles is 1. The van der Waals surface area contributed by atoms with Crippen molar-refractivity contribution in [3.63, 3.8) is 0 Å². The van der Waals surface area contributed by atoms with Crippen LogP contribution < -0.4 is 5.73 Å². The van der Waals surface area contributed by atoms with E-state index in [0.29, 0.717) is 15.7 Å². The number of benzene rings is 1. The minimum Gasteiger partial charge on any atom is -0.396 e. The van der Waals surface area contributed by atoms with E-state index in [-0.39, 0.29) is 0 Å². The highest BCUT2D eigenvalue weighted by Gasteiger charge is 2.21. The molecular weight excluding hydrogens is 219 g/mol. The first kappa shape index (κ1) is 11.2. The van der Waals surface area contributed by atoms with Gasteiger partial charge in [0.05, 0.1) is 27.2 Å². The summed E-state index contributed by atoms with van der Waals surface area (Å²) in [4.78, 5) is 0. The van der Waals surface area contributed by atoms with E-state index in [1.807, 2.05) is 0 Å². The second-order valence-electron chi connectivity index (χ2n) is 3.59. The van der Waals surface area contributed by atoms with E-state index in [2.05, 4.69) is 6.07 Å². The highest BCUT2D eigenvalue weighted by Crippen LogP contribution is 2.33. The molecule has 0 aliphatic carbocycles. The van der Waals surface area contributed by atoms with Crippen LogP contribution in [0.5, 0.6) is 0 Å². The second-order valence-corrected chi connectivity index (χ2v) is 4.40. The molecule has 0 heterocycles. The highest BCUT2D eigenvalue weighted by atomic mass is 35.5. The molecule has 0 atom stereocenters. The van der Waals surface area contributed by atoms with Crippen molar-refractivity contribution in [1.29, 1.82) is 5.26 Å². The number of nitrogens with two attached hydrogens (primary N) is 1. The molecule has 74 valence electrons. The molecule has 1 aromatic carbocycles. The fraction of sp³-hybridized carbons (Fsp3) is 0.300. The summed E-state index contributed by atoms with van der Waals surface area (Å²) in [6.45, 7) is 3.59. The summed E-state index contributed by atoms with van der Waals surface area (Å²) in [5, 5.41) is 9.70. The Kier molecular flexibility index (Phi) is 2.94.